The number of hydrogen-bond donors (Lipinski definition) is 1. The minimum absolute atomic E-state index is 0.260. The maximum absolute atomic E-state index is 12.8. The molecule has 2 nitrogen and oxygen atoms in total. The van der Waals surface area contributed by atoms with Gasteiger partial charge < -0.3 is 5.32 Å². The van der Waals surface area contributed by atoms with Gasteiger partial charge in [0.1, 0.15) is 6.54 Å². The first-order valence-corrected chi connectivity index (χ1v) is 5.68. The molecule has 1 aromatic carbocycles. The Labute approximate surface area is 104 Å². The molecule has 1 amide bonds. The molecule has 0 spiro atoms. The van der Waals surface area contributed by atoms with Gasteiger partial charge in [-0.1, -0.05) is 0 Å². The Bertz CT molecular complexity index is 435. The second-order valence-electron chi connectivity index (χ2n) is 3.26. The van der Waals surface area contributed by atoms with Gasteiger partial charge in [-0.2, -0.15) is 13.2 Å². The van der Waals surface area contributed by atoms with Crippen molar-refractivity contribution in [1.29, 1.82) is 0 Å². The largest absolute Gasteiger partial charge is 0.405 e. The second-order valence-corrected chi connectivity index (χ2v) is 4.31. The minimum atomic E-state index is -4.47. The van der Waals surface area contributed by atoms with Crippen LogP contribution in [0.3, 0.4) is 0 Å². The summed E-state index contributed by atoms with van der Waals surface area (Å²) in [5.74, 6) is -3.24. The fraction of sp³-hybridized carbons (Fsp3) is 0.300. The molecule has 1 aromatic rings. The third kappa shape index (κ3) is 5.35. The molecule has 100 valence electrons. The lowest BCUT2D eigenvalue weighted by molar-refractivity contribution is -0.136. The molecule has 8 heteroatoms. The summed E-state index contributed by atoms with van der Waals surface area (Å²) in [6, 6.07) is 2.99. The SMILES string of the molecule is O=C(CSc1ccc(F)c(F)c1)NCC(F)(F)F. The summed E-state index contributed by atoms with van der Waals surface area (Å²) in [7, 11) is 0. The van der Waals surface area contributed by atoms with E-state index in [1.807, 2.05) is 0 Å². The molecule has 1 N–H and O–H groups in total. The Morgan fingerprint density at radius 2 is 1.89 bits per heavy atom. The van der Waals surface area contributed by atoms with Crippen molar-refractivity contribution in [2.24, 2.45) is 0 Å². The molecule has 0 aliphatic carbocycles. The summed E-state index contributed by atoms with van der Waals surface area (Å²) >= 11 is 0.816. The van der Waals surface area contributed by atoms with E-state index in [0.717, 1.165) is 23.9 Å². The number of thioether (sulfide) groups is 1. The zero-order chi connectivity index (χ0) is 13.8. The normalized spacial score (nSPS) is 11.4. The summed E-state index contributed by atoms with van der Waals surface area (Å²) in [6.07, 6.45) is -4.47. The van der Waals surface area contributed by atoms with Crippen molar-refractivity contribution in [2.75, 3.05) is 12.3 Å². The van der Waals surface area contributed by atoms with Crippen LogP contribution in [-0.2, 0) is 4.79 Å². The van der Waals surface area contributed by atoms with Crippen LogP contribution in [0.15, 0.2) is 23.1 Å². The minimum Gasteiger partial charge on any atom is -0.346 e. The van der Waals surface area contributed by atoms with Crippen molar-refractivity contribution in [3.05, 3.63) is 29.8 Å². The van der Waals surface area contributed by atoms with Gasteiger partial charge in [-0.25, -0.2) is 8.78 Å². The van der Waals surface area contributed by atoms with E-state index in [-0.39, 0.29) is 10.6 Å². The quantitative estimate of drug-likeness (QED) is 0.681. The van der Waals surface area contributed by atoms with Gasteiger partial charge >= 0.3 is 6.18 Å². The van der Waals surface area contributed by atoms with Crippen LogP contribution < -0.4 is 5.32 Å². The van der Waals surface area contributed by atoms with E-state index in [9.17, 15) is 26.7 Å². The highest BCUT2D eigenvalue weighted by Gasteiger charge is 2.27. The van der Waals surface area contributed by atoms with Gasteiger partial charge in [0, 0.05) is 4.90 Å². The third-order valence-electron chi connectivity index (χ3n) is 1.75. The number of carbonyl (C=O) groups excluding carboxylic acids is 1. The second kappa shape index (κ2) is 6.03. The fourth-order valence-corrected chi connectivity index (χ4v) is 1.72. The first kappa shape index (κ1) is 14.7. The van der Waals surface area contributed by atoms with E-state index >= 15 is 0 Å². The summed E-state index contributed by atoms with van der Waals surface area (Å²) in [5.41, 5.74) is 0. The molecule has 18 heavy (non-hydrogen) atoms. The topological polar surface area (TPSA) is 29.1 Å². The van der Waals surface area contributed by atoms with Gasteiger partial charge in [0.05, 0.1) is 5.75 Å². The van der Waals surface area contributed by atoms with E-state index in [1.165, 1.54) is 6.07 Å². The number of amides is 1. The van der Waals surface area contributed by atoms with Crippen LogP contribution in [0.1, 0.15) is 0 Å². The molecule has 1 rings (SSSR count). The van der Waals surface area contributed by atoms with Crippen LogP contribution in [-0.4, -0.2) is 24.4 Å². The smallest absolute Gasteiger partial charge is 0.346 e. The van der Waals surface area contributed by atoms with Crippen molar-refractivity contribution in [3.8, 4) is 0 Å². The van der Waals surface area contributed by atoms with Gasteiger partial charge in [0.2, 0.25) is 5.91 Å². The number of alkyl halides is 3. The Hall–Kier alpha value is -1.31. The highest BCUT2D eigenvalue weighted by molar-refractivity contribution is 8.00. The molecule has 0 aromatic heterocycles. The number of rotatable bonds is 4. The number of halogens is 5. The van der Waals surface area contributed by atoms with E-state index in [0.29, 0.717) is 0 Å². The van der Waals surface area contributed by atoms with Crippen molar-refractivity contribution < 1.29 is 26.7 Å². The van der Waals surface area contributed by atoms with Gasteiger partial charge in [-0.3, -0.25) is 4.79 Å². The predicted molar refractivity (Wildman–Crippen MR) is 56.1 cm³/mol. The molecule has 0 saturated heterocycles. The lowest BCUT2D eigenvalue weighted by Crippen LogP contribution is -2.34. The van der Waals surface area contributed by atoms with Crippen LogP contribution >= 0.6 is 11.8 Å². The highest BCUT2D eigenvalue weighted by atomic mass is 32.2. The van der Waals surface area contributed by atoms with Gasteiger partial charge in [-0.05, 0) is 18.2 Å². The molecule has 0 bridgehead atoms. The van der Waals surface area contributed by atoms with Gasteiger partial charge in [0.15, 0.2) is 11.6 Å². The van der Waals surface area contributed by atoms with E-state index in [1.54, 1.807) is 5.32 Å². The van der Waals surface area contributed by atoms with Gasteiger partial charge in [-0.15, -0.1) is 11.8 Å². The first-order chi connectivity index (χ1) is 8.28. The molecule has 0 saturated carbocycles. The molecule has 0 aliphatic rings. The molecule has 0 unspecified atom stereocenters. The highest BCUT2D eigenvalue weighted by Crippen LogP contribution is 2.20. The standard InChI is InChI=1S/C10H8F5NOS/c11-7-2-1-6(3-8(7)12)18-4-9(17)16-5-10(13,14)15/h1-3H,4-5H2,(H,16,17). The average Bonchev–Trinajstić information content (AvgIpc) is 2.27. The van der Waals surface area contributed by atoms with Crippen LogP contribution in [0.2, 0.25) is 0 Å². The van der Waals surface area contributed by atoms with Crippen molar-refractivity contribution in [1.82, 2.24) is 5.32 Å². The maximum atomic E-state index is 12.8. The number of hydrogen-bond acceptors (Lipinski definition) is 2. The number of carbonyl (C=O) groups is 1. The summed E-state index contributed by atoms with van der Waals surface area (Å²) in [5, 5.41) is 1.67. The molecule has 0 aliphatic heterocycles. The lowest BCUT2D eigenvalue weighted by Gasteiger charge is -2.08. The van der Waals surface area contributed by atoms with E-state index in [2.05, 4.69) is 0 Å². The predicted octanol–water partition coefficient (Wildman–Crippen LogP) is 2.74. The Balaban J connectivity index is 2.40. The average molecular weight is 285 g/mol. The van der Waals surface area contributed by atoms with Crippen molar-refractivity contribution in [3.63, 3.8) is 0 Å². The molecule has 0 radical (unpaired) electrons. The summed E-state index contributed by atoms with van der Waals surface area (Å²) in [6.45, 7) is -1.41. The molecule has 0 fully saturated rings. The van der Waals surface area contributed by atoms with Crippen molar-refractivity contribution in [2.45, 2.75) is 11.1 Å². The van der Waals surface area contributed by atoms with Gasteiger partial charge in [0.25, 0.3) is 0 Å². The Morgan fingerprint density at radius 3 is 2.44 bits per heavy atom. The van der Waals surface area contributed by atoms with E-state index < -0.39 is 30.3 Å². The van der Waals surface area contributed by atoms with Crippen LogP contribution in [0, 0.1) is 11.6 Å². The third-order valence-corrected chi connectivity index (χ3v) is 2.74. The van der Waals surface area contributed by atoms with Crippen LogP contribution in [0.4, 0.5) is 22.0 Å². The maximum Gasteiger partial charge on any atom is 0.405 e. The zero-order valence-electron chi connectivity index (χ0n) is 8.85. The number of benzene rings is 1. The summed E-state index contributed by atoms with van der Waals surface area (Å²) < 4.78 is 60.6. The van der Waals surface area contributed by atoms with E-state index in [4.69, 9.17) is 0 Å². The fourth-order valence-electron chi connectivity index (χ4n) is 0.965. The van der Waals surface area contributed by atoms with Crippen molar-refractivity contribution >= 4 is 17.7 Å². The summed E-state index contributed by atoms with van der Waals surface area (Å²) in [4.78, 5) is 11.3. The lowest BCUT2D eigenvalue weighted by atomic mass is 10.3. The Kier molecular flexibility index (Phi) is 4.94. The van der Waals surface area contributed by atoms with Crippen LogP contribution in [0.25, 0.3) is 0 Å². The van der Waals surface area contributed by atoms with Crippen LogP contribution in [0.5, 0.6) is 0 Å². The first-order valence-electron chi connectivity index (χ1n) is 4.69. The zero-order valence-corrected chi connectivity index (χ0v) is 9.67. The molecular weight excluding hydrogens is 277 g/mol. The monoisotopic (exact) mass is 285 g/mol. The molecule has 0 atom stereocenters. The Morgan fingerprint density at radius 1 is 1.22 bits per heavy atom. The molecule has 0 heterocycles. The molecular formula is C10H8F5NOS. The number of nitrogens with one attached hydrogen (secondary N) is 1.